The van der Waals surface area contributed by atoms with Gasteiger partial charge in [0.25, 0.3) is 0 Å². The van der Waals surface area contributed by atoms with E-state index in [2.05, 4.69) is 35.8 Å². The minimum Gasteiger partial charge on any atom is -0.368 e. The van der Waals surface area contributed by atoms with Gasteiger partial charge in [-0.05, 0) is 12.2 Å². The molecular formula is C13H22N4S. The van der Waals surface area contributed by atoms with Crippen LogP contribution in [0.15, 0.2) is 6.20 Å². The average Bonchev–Trinajstić information content (AvgIpc) is 2.90. The van der Waals surface area contributed by atoms with E-state index in [-0.39, 0.29) is 0 Å². The van der Waals surface area contributed by atoms with Gasteiger partial charge in [-0.3, -0.25) is 0 Å². The summed E-state index contributed by atoms with van der Waals surface area (Å²) in [5, 5.41) is 0. The number of aromatic nitrogens is 2. The molecule has 0 spiro atoms. The lowest BCUT2D eigenvalue weighted by molar-refractivity contribution is 0.683. The molecule has 2 heterocycles. The summed E-state index contributed by atoms with van der Waals surface area (Å²) >= 11 is 2.01. The van der Waals surface area contributed by atoms with Crippen molar-refractivity contribution >= 4 is 17.4 Å². The van der Waals surface area contributed by atoms with E-state index < -0.39 is 0 Å². The third-order valence-electron chi connectivity index (χ3n) is 3.41. The molecule has 1 unspecified atom stereocenters. The zero-order valence-electron chi connectivity index (χ0n) is 11.4. The van der Waals surface area contributed by atoms with E-state index in [1.807, 2.05) is 18.0 Å². The molecule has 1 fully saturated rings. The number of anilines is 1. The van der Waals surface area contributed by atoms with Crippen molar-refractivity contribution in [2.24, 2.45) is 5.73 Å². The molecule has 1 saturated heterocycles. The van der Waals surface area contributed by atoms with Gasteiger partial charge in [0.2, 0.25) is 0 Å². The summed E-state index contributed by atoms with van der Waals surface area (Å²) in [6, 6.07) is 0.591. The van der Waals surface area contributed by atoms with E-state index in [1.165, 1.54) is 17.9 Å². The highest BCUT2D eigenvalue weighted by atomic mass is 32.2. The second-order valence-corrected chi connectivity index (χ2v) is 6.20. The molecule has 0 radical (unpaired) electrons. The molecule has 1 aromatic heterocycles. The minimum atomic E-state index is 0.344. The van der Waals surface area contributed by atoms with E-state index in [4.69, 9.17) is 5.73 Å². The van der Waals surface area contributed by atoms with Crippen molar-refractivity contribution in [3.8, 4) is 0 Å². The SMILES string of the molecule is CC(C)c1ncc(N(C)C2CCSC2)c(CN)n1. The summed E-state index contributed by atoms with van der Waals surface area (Å²) in [4.78, 5) is 11.4. The van der Waals surface area contributed by atoms with Crippen LogP contribution in [-0.4, -0.2) is 34.6 Å². The van der Waals surface area contributed by atoms with E-state index >= 15 is 0 Å². The molecule has 100 valence electrons. The average molecular weight is 266 g/mol. The number of nitrogens with two attached hydrogens (primary N) is 1. The summed E-state index contributed by atoms with van der Waals surface area (Å²) in [5.74, 6) is 3.66. The number of nitrogens with zero attached hydrogens (tertiary/aromatic N) is 3. The Morgan fingerprint density at radius 3 is 2.89 bits per heavy atom. The Kier molecular flexibility index (Phi) is 4.45. The molecule has 1 aromatic rings. The maximum atomic E-state index is 5.83. The van der Waals surface area contributed by atoms with Gasteiger partial charge in [0.05, 0.1) is 17.6 Å². The van der Waals surface area contributed by atoms with Gasteiger partial charge in [0.1, 0.15) is 5.82 Å². The summed E-state index contributed by atoms with van der Waals surface area (Å²) in [5.41, 5.74) is 7.89. The lowest BCUT2D eigenvalue weighted by Gasteiger charge is -2.27. The van der Waals surface area contributed by atoms with Crippen molar-refractivity contribution in [3.63, 3.8) is 0 Å². The highest BCUT2D eigenvalue weighted by Crippen LogP contribution is 2.27. The summed E-state index contributed by atoms with van der Waals surface area (Å²) in [6.45, 7) is 4.68. The van der Waals surface area contributed by atoms with Crippen molar-refractivity contribution in [3.05, 3.63) is 17.7 Å². The molecule has 1 aliphatic heterocycles. The van der Waals surface area contributed by atoms with Gasteiger partial charge in [0, 0.05) is 31.3 Å². The minimum absolute atomic E-state index is 0.344. The Morgan fingerprint density at radius 1 is 1.56 bits per heavy atom. The van der Waals surface area contributed by atoms with Crippen LogP contribution in [0.2, 0.25) is 0 Å². The molecule has 1 aliphatic rings. The monoisotopic (exact) mass is 266 g/mol. The number of thioether (sulfide) groups is 1. The molecule has 0 aliphatic carbocycles. The largest absolute Gasteiger partial charge is 0.368 e. The molecule has 2 rings (SSSR count). The molecule has 1 atom stereocenters. The van der Waals surface area contributed by atoms with E-state index in [1.54, 1.807) is 0 Å². The molecular weight excluding hydrogens is 244 g/mol. The van der Waals surface area contributed by atoms with Crippen LogP contribution in [0.5, 0.6) is 0 Å². The summed E-state index contributed by atoms with van der Waals surface area (Å²) in [6.07, 6.45) is 3.17. The van der Waals surface area contributed by atoms with E-state index in [0.717, 1.165) is 17.2 Å². The summed E-state index contributed by atoms with van der Waals surface area (Å²) in [7, 11) is 2.13. The smallest absolute Gasteiger partial charge is 0.131 e. The van der Waals surface area contributed by atoms with Gasteiger partial charge in [-0.1, -0.05) is 13.8 Å². The van der Waals surface area contributed by atoms with E-state index in [0.29, 0.717) is 18.5 Å². The van der Waals surface area contributed by atoms with Gasteiger partial charge in [-0.25, -0.2) is 9.97 Å². The number of hydrogen-bond acceptors (Lipinski definition) is 5. The second-order valence-electron chi connectivity index (χ2n) is 5.05. The summed E-state index contributed by atoms with van der Waals surface area (Å²) < 4.78 is 0. The van der Waals surface area contributed by atoms with Crippen molar-refractivity contribution in [2.75, 3.05) is 23.5 Å². The highest BCUT2D eigenvalue weighted by Gasteiger charge is 2.22. The zero-order chi connectivity index (χ0) is 13.1. The van der Waals surface area contributed by atoms with Crippen LogP contribution < -0.4 is 10.6 Å². The maximum Gasteiger partial charge on any atom is 0.131 e. The molecule has 2 N–H and O–H groups in total. The first kappa shape index (κ1) is 13.6. The van der Waals surface area contributed by atoms with Crippen molar-refractivity contribution in [2.45, 2.75) is 38.8 Å². The van der Waals surface area contributed by atoms with Crippen LogP contribution in [0.1, 0.15) is 37.7 Å². The standard InChI is InChI=1S/C13H22N4S/c1-9(2)13-15-7-12(11(6-14)16-13)17(3)10-4-5-18-8-10/h7,9-10H,4-6,8,14H2,1-3H3. The Hall–Kier alpha value is -0.810. The first-order chi connectivity index (χ1) is 8.63. The lowest BCUT2D eigenvalue weighted by Crippen LogP contribution is -2.33. The van der Waals surface area contributed by atoms with Crippen molar-refractivity contribution < 1.29 is 0 Å². The van der Waals surface area contributed by atoms with Crippen LogP contribution >= 0.6 is 11.8 Å². The molecule has 18 heavy (non-hydrogen) atoms. The molecule has 5 heteroatoms. The first-order valence-corrected chi connectivity index (χ1v) is 7.65. The van der Waals surface area contributed by atoms with Gasteiger partial charge in [-0.15, -0.1) is 0 Å². The predicted molar refractivity (Wildman–Crippen MR) is 78.1 cm³/mol. The van der Waals surface area contributed by atoms with Gasteiger partial charge < -0.3 is 10.6 Å². The number of rotatable bonds is 4. The van der Waals surface area contributed by atoms with Crippen molar-refractivity contribution in [1.29, 1.82) is 0 Å². The second kappa shape index (κ2) is 5.89. The topological polar surface area (TPSA) is 55.0 Å². The third-order valence-corrected chi connectivity index (χ3v) is 4.55. The van der Waals surface area contributed by atoms with Gasteiger partial charge in [-0.2, -0.15) is 11.8 Å². The van der Waals surface area contributed by atoms with Crippen LogP contribution in [-0.2, 0) is 6.54 Å². The highest BCUT2D eigenvalue weighted by molar-refractivity contribution is 7.99. The Labute approximate surface area is 113 Å². The fourth-order valence-electron chi connectivity index (χ4n) is 2.17. The fraction of sp³-hybridized carbons (Fsp3) is 0.692. The van der Waals surface area contributed by atoms with Gasteiger partial charge in [0.15, 0.2) is 0 Å². The van der Waals surface area contributed by atoms with Crippen LogP contribution in [0.25, 0.3) is 0 Å². The normalized spacial score (nSPS) is 19.5. The van der Waals surface area contributed by atoms with Crippen molar-refractivity contribution in [1.82, 2.24) is 9.97 Å². The first-order valence-electron chi connectivity index (χ1n) is 6.50. The number of hydrogen-bond donors (Lipinski definition) is 1. The molecule has 4 nitrogen and oxygen atoms in total. The van der Waals surface area contributed by atoms with E-state index in [9.17, 15) is 0 Å². The molecule has 0 aromatic carbocycles. The predicted octanol–water partition coefficient (Wildman–Crippen LogP) is 2.00. The van der Waals surface area contributed by atoms with Gasteiger partial charge >= 0.3 is 0 Å². The fourth-order valence-corrected chi connectivity index (χ4v) is 3.44. The third kappa shape index (κ3) is 2.78. The maximum absolute atomic E-state index is 5.83. The van der Waals surface area contributed by atoms with Crippen LogP contribution in [0.3, 0.4) is 0 Å². The lowest BCUT2D eigenvalue weighted by atomic mass is 10.1. The molecule has 0 saturated carbocycles. The van der Waals surface area contributed by atoms with Crippen LogP contribution in [0, 0.1) is 0 Å². The molecule has 0 amide bonds. The molecule has 0 bridgehead atoms. The Morgan fingerprint density at radius 2 is 2.33 bits per heavy atom. The Bertz CT molecular complexity index is 402. The quantitative estimate of drug-likeness (QED) is 0.903. The Balaban J connectivity index is 2.26. The zero-order valence-corrected chi connectivity index (χ0v) is 12.2. The van der Waals surface area contributed by atoms with Crippen LogP contribution in [0.4, 0.5) is 5.69 Å².